The van der Waals surface area contributed by atoms with Gasteiger partial charge in [0.2, 0.25) is 11.0 Å². The van der Waals surface area contributed by atoms with Crippen molar-refractivity contribution in [3.8, 4) is 0 Å². The Morgan fingerprint density at radius 1 is 1.29 bits per heavy atom. The van der Waals surface area contributed by atoms with Crippen LogP contribution in [0.4, 0.5) is 5.13 Å². The molecule has 0 saturated carbocycles. The van der Waals surface area contributed by atoms with Crippen molar-refractivity contribution in [1.82, 2.24) is 15.5 Å². The van der Waals surface area contributed by atoms with Crippen LogP contribution in [-0.2, 0) is 4.79 Å². The standard InChI is InChI=1S/C12H11ClN4O2S2/c1-14-11-16-17-12(21-11)20-6-9(18)15-10(19)7-2-4-8(13)5-3-7/h2-5H,6H2,1H3,(H,14,16)(H,15,18,19). The minimum atomic E-state index is -0.453. The molecule has 21 heavy (non-hydrogen) atoms. The molecule has 0 aliphatic rings. The van der Waals surface area contributed by atoms with E-state index in [1.165, 1.54) is 23.1 Å². The van der Waals surface area contributed by atoms with E-state index in [9.17, 15) is 9.59 Å². The number of nitrogens with one attached hydrogen (secondary N) is 2. The lowest BCUT2D eigenvalue weighted by molar-refractivity contribution is -0.117. The third kappa shape index (κ3) is 4.69. The summed E-state index contributed by atoms with van der Waals surface area (Å²) in [5.74, 6) is -0.746. The zero-order chi connectivity index (χ0) is 15.2. The van der Waals surface area contributed by atoms with Crippen molar-refractivity contribution in [1.29, 1.82) is 0 Å². The Labute approximate surface area is 134 Å². The highest BCUT2D eigenvalue weighted by atomic mass is 35.5. The minimum absolute atomic E-state index is 0.0949. The summed E-state index contributed by atoms with van der Waals surface area (Å²) in [5.41, 5.74) is 0.381. The zero-order valence-electron chi connectivity index (χ0n) is 10.9. The lowest BCUT2D eigenvalue weighted by atomic mass is 10.2. The van der Waals surface area contributed by atoms with Gasteiger partial charge in [0.05, 0.1) is 5.75 Å². The molecule has 1 heterocycles. The summed E-state index contributed by atoms with van der Waals surface area (Å²) < 4.78 is 0.661. The van der Waals surface area contributed by atoms with Crippen molar-refractivity contribution in [3.63, 3.8) is 0 Å². The maximum Gasteiger partial charge on any atom is 0.257 e. The Bertz CT molecular complexity index is 645. The van der Waals surface area contributed by atoms with E-state index in [-0.39, 0.29) is 11.7 Å². The zero-order valence-corrected chi connectivity index (χ0v) is 13.3. The van der Waals surface area contributed by atoms with Gasteiger partial charge in [-0.15, -0.1) is 10.2 Å². The molecule has 1 aromatic carbocycles. The van der Waals surface area contributed by atoms with Crippen LogP contribution in [-0.4, -0.2) is 34.8 Å². The van der Waals surface area contributed by atoms with Gasteiger partial charge in [0, 0.05) is 17.6 Å². The number of thioether (sulfide) groups is 1. The number of rotatable bonds is 5. The maximum absolute atomic E-state index is 11.8. The second-order valence-electron chi connectivity index (χ2n) is 3.80. The highest BCUT2D eigenvalue weighted by Gasteiger charge is 2.12. The van der Waals surface area contributed by atoms with Crippen LogP contribution in [0.5, 0.6) is 0 Å². The Hall–Kier alpha value is -1.64. The molecule has 2 N–H and O–H groups in total. The van der Waals surface area contributed by atoms with Gasteiger partial charge in [-0.2, -0.15) is 0 Å². The number of aromatic nitrogens is 2. The van der Waals surface area contributed by atoms with Gasteiger partial charge in [-0.25, -0.2) is 0 Å². The number of imide groups is 1. The topological polar surface area (TPSA) is 84.0 Å². The average Bonchev–Trinajstić information content (AvgIpc) is 2.94. The third-order valence-electron chi connectivity index (χ3n) is 2.31. The van der Waals surface area contributed by atoms with Crippen molar-refractivity contribution in [2.24, 2.45) is 0 Å². The van der Waals surface area contributed by atoms with E-state index in [2.05, 4.69) is 20.8 Å². The fourth-order valence-electron chi connectivity index (χ4n) is 1.33. The molecule has 0 aliphatic carbocycles. The SMILES string of the molecule is CNc1nnc(SCC(=O)NC(=O)c2ccc(Cl)cc2)s1. The van der Waals surface area contributed by atoms with Crippen molar-refractivity contribution < 1.29 is 9.59 Å². The van der Waals surface area contributed by atoms with Crippen LogP contribution in [0.3, 0.4) is 0 Å². The summed E-state index contributed by atoms with van der Waals surface area (Å²) in [6.07, 6.45) is 0. The van der Waals surface area contributed by atoms with Crippen LogP contribution in [0.1, 0.15) is 10.4 Å². The largest absolute Gasteiger partial charge is 0.363 e. The number of hydrogen-bond donors (Lipinski definition) is 2. The van der Waals surface area contributed by atoms with Gasteiger partial charge < -0.3 is 5.32 Å². The molecule has 6 nitrogen and oxygen atoms in total. The van der Waals surface area contributed by atoms with E-state index in [1.54, 1.807) is 31.3 Å². The fourth-order valence-corrected chi connectivity index (χ4v) is 2.96. The summed E-state index contributed by atoms with van der Waals surface area (Å²) in [6, 6.07) is 6.30. The molecule has 0 saturated heterocycles. The molecule has 0 fully saturated rings. The second kappa shape index (κ2) is 7.39. The summed E-state index contributed by atoms with van der Waals surface area (Å²) in [6.45, 7) is 0. The number of benzene rings is 1. The summed E-state index contributed by atoms with van der Waals surface area (Å²) in [5, 5.41) is 14.1. The predicted molar refractivity (Wildman–Crippen MR) is 84.1 cm³/mol. The van der Waals surface area contributed by atoms with Gasteiger partial charge in [0.25, 0.3) is 5.91 Å². The van der Waals surface area contributed by atoms with Crippen LogP contribution in [0.25, 0.3) is 0 Å². The molecule has 110 valence electrons. The van der Waals surface area contributed by atoms with Gasteiger partial charge >= 0.3 is 0 Å². The molecule has 1 aromatic heterocycles. The van der Waals surface area contributed by atoms with Crippen molar-refractivity contribution in [2.75, 3.05) is 18.1 Å². The van der Waals surface area contributed by atoms with Crippen LogP contribution in [0.2, 0.25) is 5.02 Å². The van der Waals surface area contributed by atoms with E-state index in [4.69, 9.17) is 11.6 Å². The fraction of sp³-hybridized carbons (Fsp3) is 0.167. The number of carbonyl (C=O) groups is 2. The van der Waals surface area contributed by atoms with Gasteiger partial charge in [-0.1, -0.05) is 34.7 Å². The van der Waals surface area contributed by atoms with E-state index >= 15 is 0 Å². The lowest BCUT2D eigenvalue weighted by Gasteiger charge is -2.03. The molecule has 0 spiro atoms. The van der Waals surface area contributed by atoms with Crippen LogP contribution in [0.15, 0.2) is 28.6 Å². The molecule has 0 radical (unpaired) electrons. The Morgan fingerprint density at radius 2 is 2.00 bits per heavy atom. The predicted octanol–water partition coefficient (Wildman–Crippen LogP) is 2.28. The maximum atomic E-state index is 11.8. The van der Waals surface area contributed by atoms with Gasteiger partial charge in [-0.05, 0) is 24.3 Å². The molecule has 0 bridgehead atoms. The van der Waals surface area contributed by atoms with Gasteiger partial charge in [0.15, 0.2) is 4.34 Å². The van der Waals surface area contributed by atoms with Crippen molar-refractivity contribution >= 4 is 51.6 Å². The Morgan fingerprint density at radius 3 is 2.62 bits per heavy atom. The second-order valence-corrected chi connectivity index (χ2v) is 6.43. The minimum Gasteiger partial charge on any atom is -0.363 e. The van der Waals surface area contributed by atoms with Crippen molar-refractivity contribution in [2.45, 2.75) is 4.34 Å². The highest BCUT2D eigenvalue weighted by molar-refractivity contribution is 8.01. The van der Waals surface area contributed by atoms with Gasteiger partial charge in [0.1, 0.15) is 0 Å². The smallest absolute Gasteiger partial charge is 0.257 e. The highest BCUT2D eigenvalue weighted by Crippen LogP contribution is 2.24. The van der Waals surface area contributed by atoms with E-state index in [0.717, 1.165) is 0 Å². The quantitative estimate of drug-likeness (QED) is 0.811. The summed E-state index contributed by atoms with van der Waals surface area (Å²) >= 11 is 8.30. The lowest BCUT2D eigenvalue weighted by Crippen LogP contribution is -2.31. The average molecular weight is 343 g/mol. The number of anilines is 1. The first kappa shape index (κ1) is 15.7. The molecular formula is C12H11ClN4O2S2. The Balaban J connectivity index is 1.83. The molecule has 2 rings (SSSR count). The molecule has 0 unspecified atom stereocenters. The first-order valence-corrected chi connectivity index (χ1v) is 8.00. The Kier molecular flexibility index (Phi) is 5.54. The van der Waals surface area contributed by atoms with Gasteiger partial charge in [-0.3, -0.25) is 14.9 Å². The molecular weight excluding hydrogens is 332 g/mol. The first-order valence-electron chi connectivity index (χ1n) is 5.82. The third-order valence-corrected chi connectivity index (χ3v) is 4.63. The number of hydrogen-bond acceptors (Lipinski definition) is 7. The van der Waals surface area contributed by atoms with E-state index in [0.29, 0.717) is 20.1 Å². The number of nitrogens with zero attached hydrogens (tertiary/aromatic N) is 2. The molecule has 2 amide bonds. The molecule has 0 atom stereocenters. The monoisotopic (exact) mass is 342 g/mol. The number of carbonyl (C=O) groups excluding carboxylic acids is 2. The normalized spacial score (nSPS) is 10.2. The summed E-state index contributed by atoms with van der Waals surface area (Å²) in [4.78, 5) is 23.5. The van der Waals surface area contributed by atoms with Crippen LogP contribution < -0.4 is 10.6 Å². The van der Waals surface area contributed by atoms with Crippen molar-refractivity contribution in [3.05, 3.63) is 34.9 Å². The summed E-state index contributed by atoms with van der Waals surface area (Å²) in [7, 11) is 1.74. The van der Waals surface area contributed by atoms with Crippen LogP contribution in [0, 0.1) is 0 Å². The van der Waals surface area contributed by atoms with Crippen LogP contribution >= 0.6 is 34.7 Å². The number of amides is 2. The molecule has 0 aliphatic heterocycles. The van der Waals surface area contributed by atoms with E-state index < -0.39 is 5.91 Å². The number of halogens is 1. The molecule has 2 aromatic rings. The van der Waals surface area contributed by atoms with E-state index in [1.807, 2.05) is 0 Å². The first-order chi connectivity index (χ1) is 10.1. The molecule has 9 heteroatoms.